The Hall–Kier alpha value is -4.30. The van der Waals surface area contributed by atoms with E-state index in [0.717, 1.165) is 17.8 Å². The summed E-state index contributed by atoms with van der Waals surface area (Å²) in [5.74, 6) is 0.521. The molecule has 1 amide bonds. The molecule has 2 aliphatic heterocycles. The van der Waals surface area contributed by atoms with Crippen LogP contribution < -0.4 is 23.8 Å². The Kier molecular flexibility index (Phi) is 7.29. The van der Waals surface area contributed by atoms with Crippen molar-refractivity contribution in [2.45, 2.75) is 13.1 Å². The maximum absolute atomic E-state index is 13.2. The Morgan fingerprint density at radius 1 is 1.07 bits per heavy atom. The monoisotopic (exact) mass is 590 g/mol. The van der Waals surface area contributed by atoms with Gasteiger partial charge >= 0.3 is 11.9 Å². The summed E-state index contributed by atoms with van der Waals surface area (Å²) < 4.78 is 61.4. The molecule has 0 aliphatic carbocycles. The average Bonchev–Trinajstić information content (AvgIpc) is 3.48. The molecule has 0 aromatic heterocycles. The molecule has 1 saturated heterocycles. The van der Waals surface area contributed by atoms with Gasteiger partial charge in [-0.15, -0.1) is 0 Å². The zero-order valence-electron chi connectivity index (χ0n) is 20.4. The molecule has 0 bridgehead atoms. The first kappa shape index (κ1) is 27.3. The van der Waals surface area contributed by atoms with Gasteiger partial charge in [0.2, 0.25) is 12.5 Å². The number of rotatable bonds is 7. The van der Waals surface area contributed by atoms with Crippen LogP contribution in [0, 0.1) is 10.1 Å². The molecule has 0 N–H and O–H groups in total. The number of amides is 1. The molecule has 9 nitrogen and oxygen atoms in total. The molecule has 3 aromatic rings. The van der Waals surface area contributed by atoms with Crippen molar-refractivity contribution < 1.29 is 41.8 Å². The second-order valence-electron chi connectivity index (χ2n) is 8.23. The number of nitro benzene ring substituents is 1. The molecule has 0 atom stereocenters. The zero-order chi connectivity index (χ0) is 28.6. The van der Waals surface area contributed by atoms with E-state index in [-0.39, 0.29) is 30.8 Å². The number of carbonyl (C=O) groups excluding carboxylic acids is 1. The van der Waals surface area contributed by atoms with Crippen molar-refractivity contribution in [1.29, 1.82) is 0 Å². The topological polar surface area (TPSA) is 100 Å². The highest BCUT2D eigenvalue weighted by Crippen LogP contribution is 2.43. The molecule has 0 radical (unpaired) electrons. The number of nitro groups is 1. The lowest BCUT2D eigenvalue weighted by atomic mass is 10.1. The summed E-state index contributed by atoms with van der Waals surface area (Å²) in [7, 11) is 0. The van der Waals surface area contributed by atoms with Crippen LogP contribution in [0.15, 0.2) is 59.5 Å². The van der Waals surface area contributed by atoms with Crippen molar-refractivity contribution in [3.63, 3.8) is 0 Å². The third-order valence-electron chi connectivity index (χ3n) is 5.68. The molecule has 0 saturated carbocycles. The smallest absolute Gasteiger partial charge is 0.416 e. The third kappa shape index (κ3) is 5.40. The van der Waals surface area contributed by atoms with E-state index in [4.69, 9.17) is 31.2 Å². The van der Waals surface area contributed by atoms with Crippen LogP contribution in [-0.4, -0.2) is 28.6 Å². The van der Waals surface area contributed by atoms with E-state index in [0.29, 0.717) is 44.1 Å². The van der Waals surface area contributed by atoms with Gasteiger partial charge in [0.25, 0.3) is 5.91 Å². The molecular weight excluding hydrogens is 573 g/mol. The van der Waals surface area contributed by atoms with E-state index in [9.17, 15) is 28.1 Å². The summed E-state index contributed by atoms with van der Waals surface area (Å²) in [5.41, 5.74) is -0.977. The first-order chi connectivity index (χ1) is 19.0. The lowest BCUT2D eigenvalue weighted by Crippen LogP contribution is -2.27. The summed E-state index contributed by atoms with van der Waals surface area (Å²) in [6.07, 6.45) is -3.16. The second kappa shape index (κ2) is 10.7. The van der Waals surface area contributed by atoms with Gasteiger partial charge in [-0.1, -0.05) is 30.0 Å². The fourth-order valence-corrected chi connectivity index (χ4v) is 5.17. The van der Waals surface area contributed by atoms with E-state index in [1.165, 1.54) is 11.0 Å². The van der Waals surface area contributed by atoms with Crippen LogP contribution in [0.1, 0.15) is 18.1 Å². The van der Waals surface area contributed by atoms with Crippen LogP contribution >= 0.6 is 24.0 Å². The summed E-state index contributed by atoms with van der Waals surface area (Å²) in [6.45, 7) is 1.99. The number of carbonyl (C=O) groups is 1. The van der Waals surface area contributed by atoms with Crippen LogP contribution in [0.4, 0.5) is 24.5 Å². The molecule has 40 heavy (non-hydrogen) atoms. The van der Waals surface area contributed by atoms with Gasteiger partial charge in [0, 0.05) is 12.1 Å². The number of anilines is 1. The third-order valence-corrected chi connectivity index (χ3v) is 6.98. The highest BCUT2D eigenvalue weighted by Gasteiger charge is 2.35. The minimum Gasteiger partial charge on any atom is -0.490 e. The van der Waals surface area contributed by atoms with Gasteiger partial charge in [0.05, 0.1) is 27.7 Å². The maximum Gasteiger partial charge on any atom is 0.416 e. The number of hydrogen-bond donors (Lipinski definition) is 0. The maximum atomic E-state index is 13.2. The average molecular weight is 591 g/mol. The summed E-state index contributed by atoms with van der Waals surface area (Å²) in [5, 5.41) is 11.4. The van der Waals surface area contributed by atoms with Crippen LogP contribution in [0.25, 0.3) is 6.08 Å². The molecule has 0 unspecified atom stereocenters. The highest BCUT2D eigenvalue weighted by atomic mass is 32.2. The van der Waals surface area contributed by atoms with Gasteiger partial charge in [-0.2, -0.15) is 13.2 Å². The molecule has 14 heteroatoms. The molecule has 5 rings (SSSR count). The first-order valence-corrected chi connectivity index (χ1v) is 12.8. The zero-order valence-corrected chi connectivity index (χ0v) is 22.0. The Morgan fingerprint density at radius 3 is 2.55 bits per heavy atom. The number of fused-ring (bicyclic) bond motifs is 1. The number of nitrogens with zero attached hydrogens (tertiary/aromatic N) is 2. The van der Waals surface area contributed by atoms with Crippen molar-refractivity contribution in [3.8, 4) is 28.7 Å². The van der Waals surface area contributed by atoms with E-state index in [1.807, 2.05) is 0 Å². The van der Waals surface area contributed by atoms with Crippen LogP contribution in [0.3, 0.4) is 0 Å². The highest BCUT2D eigenvalue weighted by molar-refractivity contribution is 8.27. The van der Waals surface area contributed by atoms with Crippen LogP contribution in [0.2, 0.25) is 0 Å². The number of alkyl halides is 3. The van der Waals surface area contributed by atoms with Gasteiger partial charge < -0.3 is 18.9 Å². The Bertz CT molecular complexity index is 1580. The first-order valence-electron chi connectivity index (χ1n) is 11.5. The summed E-state index contributed by atoms with van der Waals surface area (Å²) in [6, 6.07) is 11.6. The SMILES string of the molecule is CCOc1cc(/C=C2/SC(=S)N(c3ccc4c(c3)OCO4)C2=O)ccc1Oc1ccc(C(F)(F)F)cc1[N+](=O)[O-]. The molecule has 2 heterocycles. The quantitative estimate of drug-likeness (QED) is 0.125. The largest absolute Gasteiger partial charge is 0.490 e. The number of halogens is 3. The van der Waals surface area contributed by atoms with Gasteiger partial charge in [-0.3, -0.25) is 19.8 Å². The lowest BCUT2D eigenvalue weighted by Gasteiger charge is -2.15. The second-order valence-corrected chi connectivity index (χ2v) is 9.91. The molecule has 206 valence electrons. The van der Waals surface area contributed by atoms with E-state index in [1.54, 1.807) is 43.3 Å². The van der Waals surface area contributed by atoms with Crippen LogP contribution in [-0.2, 0) is 11.0 Å². The number of thiocarbonyl (C=S) groups is 1. The van der Waals surface area contributed by atoms with Gasteiger partial charge in [0.15, 0.2) is 27.3 Å². The number of hydrogen-bond acceptors (Lipinski definition) is 9. The van der Waals surface area contributed by atoms with Crippen molar-refractivity contribution in [2.24, 2.45) is 0 Å². The predicted molar refractivity (Wildman–Crippen MR) is 144 cm³/mol. The number of ether oxygens (including phenoxy) is 4. The minimum atomic E-state index is -4.76. The number of thioether (sulfide) groups is 1. The number of benzene rings is 3. The lowest BCUT2D eigenvalue weighted by molar-refractivity contribution is -0.385. The summed E-state index contributed by atoms with van der Waals surface area (Å²) >= 11 is 6.53. The predicted octanol–water partition coefficient (Wildman–Crippen LogP) is 6.94. The van der Waals surface area contributed by atoms with Crippen molar-refractivity contribution in [1.82, 2.24) is 0 Å². The van der Waals surface area contributed by atoms with Crippen molar-refractivity contribution in [2.75, 3.05) is 18.3 Å². The van der Waals surface area contributed by atoms with E-state index < -0.39 is 28.1 Å². The molecule has 0 spiro atoms. The minimum absolute atomic E-state index is 0.0368. The van der Waals surface area contributed by atoms with Gasteiger partial charge in [0.1, 0.15) is 0 Å². The molecule has 3 aromatic carbocycles. The molecule has 2 aliphatic rings. The Balaban J connectivity index is 1.42. The van der Waals surface area contributed by atoms with Gasteiger partial charge in [-0.05, 0) is 55.0 Å². The van der Waals surface area contributed by atoms with E-state index in [2.05, 4.69) is 0 Å². The molecule has 1 fully saturated rings. The van der Waals surface area contributed by atoms with Gasteiger partial charge in [-0.25, -0.2) is 0 Å². The summed E-state index contributed by atoms with van der Waals surface area (Å²) in [4.78, 5) is 25.4. The van der Waals surface area contributed by atoms with Crippen molar-refractivity contribution in [3.05, 3.63) is 80.7 Å². The van der Waals surface area contributed by atoms with Crippen LogP contribution in [0.5, 0.6) is 28.7 Å². The fraction of sp³-hybridized carbons (Fsp3) is 0.154. The fourth-order valence-electron chi connectivity index (χ4n) is 3.87. The molecular formula is C26H17F3N2O7S2. The van der Waals surface area contributed by atoms with E-state index >= 15 is 0 Å². The standard InChI is InChI=1S/C26H17F3N2O7S2/c1-2-35-21-9-14(3-6-20(21)38-18-7-4-15(26(27,28)29)11-17(18)31(33)34)10-23-24(32)30(25(39)40-23)16-5-8-19-22(12-16)37-13-36-19/h3-12H,2,13H2,1H3/b23-10+. The van der Waals surface area contributed by atoms with Crippen molar-refractivity contribution >= 4 is 51.7 Å². The Labute approximate surface area is 234 Å². The Morgan fingerprint density at radius 2 is 1.82 bits per heavy atom. The normalized spacial score (nSPS) is 15.6.